The van der Waals surface area contributed by atoms with E-state index in [0.29, 0.717) is 12.1 Å². The minimum absolute atomic E-state index is 0.573. The lowest BCUT2D eigenvalue weighted by Gasteiger charge is -2.36. The molecule has 0 aromatic heterocycles. The van der Waals surface area contributed by atoms with Gasteiger partial charge >= 0.3 is 0 Å². The average molecular weight is 185 g/mol. The third kappa shape index (κ3) is 3.28. The summed E-state index contributed by atoms with van der Waals surface area (Å²) >= 11 is 0. The van der Waals surface area contributed by atoms with E-state index in [1.54, 1.807) is 0 Å². The van der Waals surface area contributed by atoms with Crippen LogP contribution < -0.4 is 5.32 Å². The highest BCUT2D eigenvalue weighted by Gasteiger charge is 2.30. The van der Waals surface area contributed by atoms with Gasteiger partial charge in [0.1, 0.15) is 0 Å². The van der Waals surface area contributed by atoms with Crippen molar-refractivity contribution in [3.05, 3.63) is 0 Å². The van der Waals surface area contributed by atoms with E-state index in [2.05, 4.69) is 26.2 Å². The Balaban J connectivity index is 2.06. The molecule has 0 aromatic rings. The minimum atomic E-state index is 0.573. The van der Waals surface area contributed by atoms with Gasteiger partial charge in [0.25, 0.3) is 0 Å². The van der Waals surface area contributed by atoms with Crippen LogP contribution in [-0.4, -0.2) is 25.8 Å². The summed E-state index contributed by atoms with van der Waals surface area (Å²) in [5.41, 5.74) is 0. The van der Waals surface area contributed by atoms with E-state index in [4.69, 9.17) is 4.74 Å². The second-order valence-electron chi connectivity index (χ2n) is 4.04. The number of hydrogen-bond acceptors (Lipinski definition) is 2. The molecule has 0 amide bonds. The summed E-state index contributed by atoms with van der Waals surface area (Å²) in [6.45, 7) is 5.20. The molecular formula is C11H23NO. The molecule has 0 radical (unpaired) electrons. The molecule has 13 heavy (non-hydrogen) atoms. The first-order valence-corrected chi connectivity index (χ1v) is 5.59. The third-order valence-electron chi connectivity index (χ3n) is 3.11. The van der Waals surface area contributed by atoms with Gasteiger partial charge in [-0.05, 0) is 45.6 Å². The van der Waals surface area contributed by atoms with Crippen molar-refractivity contribution < 1.29 is 4.74 Å². The van der Waals surface area contributed by atoms with Gasteiger partial charge in [-0.25, -0.2) is 0 Å². The molecule has 1 aliphatic carbocycles. The fraction of sp³-hybridized carbons (Fsp3) is 1.00. The molecular weight excluding hydrogens is 162 g/mol. The van der Waals surface area contributed by atoms with Gasteiger partial charge in [0.05, 0.1) is 6.10 Å². The molecule has 1 saturated carbocycles. The van der Waals surface area contributed by atoms with Crippen LogP contribution in [0, 0.1) is 5.92 Å². The number of rotatable bonds is 6. The van der Waals surface area contributed by atoms with Gasteiger partial charge in [0.2, 0.25) is 0 Å². The van der Waals surface area contributed by atoms with E-state index in [1.165, 1.54) is 25.7 Å². The fourth-order valence-electron chi connectivity index (χ4n) is 2.13. The van der Waals surface area contributed by atoms with E-state index in [0.717, 1.165) is 12.5 Å². The highest BCUT2D eigenvalue weighted by Crippen LogP contribution is 2.33. The van der Waals surface area contributed by atoms with Crippen molar-refractivity contribution in [2.24, 2.45) is 5.92 Å². The molecule has 0 aliphatic heterocycles. The van der Waals surface area contributed by atoms with Gasteiger partial charge in [-0.3, -0.25) is 0 Å². The molecule has 2 nitrogen and oxygen atoms in total. The SMILES string of the molecule is CCOC1CC(CC(CC)NC)C1. The van der Waals surface area contributed by atoms with Crippen LogP contribution in [0.4, 0.5) is 0 Å². The molecule has 0 heterocycles. The van der Waals surface area contributed by atoms with Gasteiger partial charge in [-0.2, -0.15) is 0 Å². The van der Waals surface area contributed by atoms with Crippen molar-refractivity contribution in [1.29, 1.82) is 0 Å². The Labute approximate surface area is 82.0 Å². The van der Waals surface area contributed by atoms with Crippen molar-refractivity contribution in [3.8, 4) is 0 Å². The number of ether oxygens (including phenoxy) is 1. The maximum Gasteiger partial charge on any atom is 0.0580 e. The highest BCUT2D eigenvalue weighted by atomic mass is 16.5. The van der Waals surface area contributed by atoms with Gasteiger partial charge in [0.15, 0.2) is 0 Å². The predicted molar refractivity (Wildman–Crippen MR) is 55.9 cm³/mol. The molecule has 1 aliphatic rings. The van der Waals surface area contributed by atoms with Crippen molar-refractivity contribution in [3.63, 3.8) is 0 Å². The lowest BCUT2D eigenvalue weighted by Crippen LogP contribution is -2.36. The lowest BCUT2D eigenvalue weighted by atomic mass is 9.78. The van der Waals surface area contributed by atoms with Crippen molar-refractivity contribution in [2.45, 2.75) is 51.7 Å². The van der Waals surface area contributed by atoms with E-state index in [-0.39, 0.29) is 0 Å². The fourth-order valence-corrected chi connectivity index (χ4v) is 2.13. The first-order valence-electron chi connectivity index (χ1n) is 5.59. The Bertz CT molecular complexity index is 128. The Kier molecular flexibility index (Phi) is 4.74. The quantitative estimate of drug-likeness (QED) is 0.685. The van der Waals surface area contributed by atoms with E-state index in [9.17, 15) is 0 Å². The molecule has 78 valence electrons. The molecule has 1 N–H and O–H groups in total. The van der Waals surface area contributed by atoms with Crippen LogP contribution in [0.5, 0.6) is 0 Å². The van der Waals surface area contributed by atoms with Gasteiger partial charge in [-0.1, -0.05) is 6.92 Å². The second kappa shape index (κ2) is 5.61. The zero-order valence-corrected chi connectivity index (χ0v) is 9.18. The highest BCUT2D eigenvalue weighted by molar-refractivity contribution is 4.83. The number of nitrogens with one attached hydrogen (secondary N) is 1. The monoisotopic (exact) mass is 185 g/mol. The van der Waals surface area contributed by atoms with Gasteiger partial charge in [-0.15, -0.1) is 0 Å². The molecule has 0 saturated heterocycles. The largest absolute Gasteiger partial charge is 0.378 e. The Morgan fingerprint density at radius 3 is 2.54 bits per heavy atom. The summed E-state index contributed by atoms with van der Waals surface area (Å²) in [6.07, 6.45) is 5.71. The Morgan fingerprint density at radius 2 is 2.08 bits per heavy atom. The average Bonchev–Trinajstić information content (AvgIpc) is 2.09. The molecule has 0 aromatic carbocycles. The van der Waals surface area contributed by atoms with Crippen LogP contribution in [0.15, 0.2) is 0 Å². The summed E-state index contributed by atoms with van der Waals surface area (Å²) in [6, 6.07) is 0.715. The van der Waals surface area contributed by atoms with Crippen molar-refractivity contribution in [2.75, 3.05) is 13.7 Å². The Hall–Kier alpha value is -0.0800. The summed E-state index contributed by atoms with van der Waals surface area (Å²) in [5.74, 6) is 0.911. The molecule has 2 heteroatoms. The summed E-state index contributed by atoms with van der Waals surface area (Å²) < 4.78 is 5.54. The summed E-state index contributed by atoms with van der Waals surface area (Å²) in [7, 11) is 2.06. The van der Waals surface area contributed by atoms with Crippen LogP contribution >= 0.6 is 0 Å². The second-order valence-corrected chi connectivity index (χ2v) is 4.04. The van der Waals surface area contributed by atoms with E-state index < -0.39 is 0 Å². The molecule has 1 fully saturated rings. The lowest BCUT2D eigenvalue weighted by molar-refractivity contribution is -0.0289. The summed E-state index contributed by atoms with van der Waals surface area (Å²) in [5, 5.41) is 3.36. The molecule has 1 atom stereocenters. The molecule has 1 unspecified atom stereocenters. The van der Waals surface area contributed by atoms with Crippen molar-refractivity contribution in [1.82, 2.24) is 5.32 Å². The molecule has 1 rings (SSSR count). The molecule has 0 spiro atoms. The maximum absolute atomic E-state index is 5.54. The van der Waals surface area contributed by atoms with Gasteiger partial charge in [0, 0.05) is 12.6 Å². The zero-order chi connectivity index (χ0) is 9.68. The van der Waals surface area contributed by atoms with E-state index >= 15 is 0 Å². The minimum Gasteiger partial charge on any atom is -0.378 e. The Morgan fingerprint density at radius 1 is 1.38 bits per heavy atom. The predicted octanol–water partition coefficient (Wildman–Crippen LogP) is 2.19. The maximum atomic E-state index is 5.54. The summed E-state index contributed by atoms with van der Waals surface area (Å²) in [4.78, 5) is 0. The zero-order valence-electron chi connectivity index (χ0n) is 9.18. The first-order chi connectivity index (χ1) is 6.30. The normalized spacial score (nSPS) is 29.8. The topological polar surface area (TPSA) is 21.3 Å². The van der Waals surface area contributed by atoms with Crippen LogP contribution in [0.2, 0.25) is 0 Å². The van der Waals surface area contributed by atoms with Crippen LogP contribution in [-0.2, 0) is 4.74 Å². The van der Waals surface area contributed by atoms with Crippen LogP contribution in [0.25, 0.3) is 0 Å². The van der Waals surface area contributed by atoms with Crippen LogP contribution in [0.1, 0.15) is 39.5 Å². The van der Waals surface area contributed by atoms with Gasteiger partial charge < -0.3 is 10.1 Å². The van der Waals surface area contributed by atoms with E-state index in [1.807, 2.05) is 0 Å². The molecule has 0 bridgehead atoms. The third-order valence-corrected chi connectivity index (χ3v) is 3.11. The smallest absolute Gasteiger partial charge is 0.0580 e. The van der Waals surface area contributed by atoms with Crippen molar-refractivity contribution >= 4 is 0 Å². The standard InChI is InChI=1S/C11H23NO/c1-4-10(12-3)6-9-7-11(8-9)13-5-2/h9-12H,4-8H2,1-3H3. The van der Waals surface area contributed by atoms with Crippen LogP contribution in [0.3, 0.4) is 0 Å². The first kappa shape index (κ1) is 11.0. The number of hydrogen-bond donors (Lipinski definition) is 1.